The molecule has 0 aliphatic rings. The number of hydrogen-bond donors (Lipinski definition) is 0. The van der Waals surface area contributed by atoms with Crippen molar-refractivity contribution in [2.24, 2.45) is 5.16 Å². The van der Waals surface area contributed by atoms with Crippen LogP contribution < -0.4 is 9.47 Å². The van der Waals surface area contributed by atoms with Crippen LogP contribution in [0.2, 0.25) is 0 Å². The molecule has 0 atom stereocenters. The van der Waals surface area contributed by atoms with Gasteiger partial charge in [-0.3, -0.25) is 0 Å². The van der Waals surface area contributed by atoms with Crippen molar-refractivity contribution in [2.75, 3.05) is 14.2 Å². The zero-order valence-corrected chi connectivity index (χ0v) is 19.0. The van der Waals surface area contributed by atoms with E-state index in [0.29, 0.717) is 23.7 Å². The molecule has 3 aromatic rings. The molecule has 0 aliphatic carbocycles. The van der Waals surface area contributed by atoms with E-state index in [1.807, 2.05) is 72.8 Å². The maximum absolute atomic E-state index is 12.2. The first kappa shape index (κ1) is 23.6. The first-order valence-corrected chi connectivity index (χ1v) is 10.5. The van der Waals surface area contributed by atoms with Gasteiger partial charge in [0, 0.05) is 5.56 Å². The molecule has 0 aliphatic heterocycles. The van der Waals surface area contributed by atoms with E-state index in [1.54, 1.807) is 26.3 Å². The quantitative estimate of drug-likeness (QED) is 0.181. The summed E-state index contributed by atoms with van der Waals surface area (Å²) in [5, 5.41) is 4.05. The van der Waals surface area contributed by atoms with E-state index in [9.17, 15) is 4.79 Å². The molecule has 0 heterocycles. The summed E-state index contributed by atoms with van der Waals surface area (Å²) in [4.78, 5) is 17.5. The van der Waals surface area contributed by atoms with E-state index in [0.717, 1.165) is 22.3 Å². The standard InChI is InChI=1S/C27H27NO5/c1-4-23(27(29)31-3)24-13-9-8-12-22(24)19-32-26-16-21(14-15-25(26)30-2)17-28-33-18-20-10-6-5-7-11-20/h4-17H,18-19H2,1-3H3. The Hall–Kier alpha value is -4.06. The predicted molar refractivity (Wildman–Crippen MR) is 128 cm³/mol. The van der Waals surface area contributed by atoms with Crippen LogP contribution in [0.3, 0.4) is 0 Å². The Bertz CT molecular complexity index is 1120. The third-order valence-electron chi connectivity index (χ3n) is 4.92. The predicted octanol–water partition coefficient (Wildman–Crippen LogP) is 5.40. The highest BCUT2D eigenvalue weighted by atomic mass is 16.6. The highest BCUT2D eigenvalue weighted by molar-refractivity contribution is 6.16. The van der Waals surface area contributed by atoms with Crippen LogP contribution in [0.15, 0.2) is 84.0 Å². The minimum Gasteiger partial charge on any atom is -0.493 e. The Kier molecular flexibility index (Phi) is 8.65. The van der Waals surface area contributed by atoms with Gasteiger partial charge in [0.1, 0.15) is 13.2 Å². The molecule has 3 aromatic carbocycles. The number of methoxy groups -OCH3 is 2. The molecule has 33 heavy (non-hydrogen) atoms. The maximum atomic E-state index is 12.2. The molecule has 3 rings (SSSR count). The van der Waals surface area contributed by atoms with Crippen LogP contribution in [0.5, 0.6) is 11.5 Å². The molecule has 0 N–H and O–H groups in total. The second-order valence-corrected chi connectivity index (χ2v) is 7.04. The van der Waals surface area contributed by atoms with E-state index in [2.05, 4.69) is 5.16 Å². The van der Waals surface area contributed by atoms with Crippen LogP contribution in [0.4, 0.5) is 0 Å². The largest absolute Gasteiger partial charge is 0.493 e. The van der Waals surface area contributed by atoms with Crippen LogP contribution in [-0.2, 0) is 27.6 Å². The third kappa shape index (κ3) is 6.46. The summed E-state index contributed by atoms with van der Waals surface area (Å²) >= 11 is 0. The SMILES string of the molecule is CC=C(C(=O)OC)c1ccccc1COc1cc(C=NOCc2ccccc2)ccc1OC. The number of benzene rings is 3. The number of ether oxygens (including phenoxy) is 3. The smallest absolute Gasteiger partial charge is 0.338 e. The Morgan fingerprint density at radius 2 is 1.67 bits per heavy atom. The number of rotatable bonds is 10. The van der Waals surface area contributed by atoms with Crippen LogP contribution in [0.1, 0.15) is 29.2 Å². The van der Waals surface area contributed by atoms with Crippen molar-refractivity contribution in [2.45, 2.75) is 20.1 Å². The highest BCUT2D eigenvalue weighted by Gasteiger charge is 2.16. The molecule has 0 amide bonds. The van der Waals surface area contributed by atoms with Crippen molar-refractivity contribution in [3.63, 3.8) is 0 Å². The lowest BCUT2D eigenvalue weighted by Crippen LogP contribution is -2.08. The van der Waals surface area contributed by atoms with Gasteiger partial charge in [0.25, 0.3) is 0 Å². The molecular formula is C27H27NO5. The van der Waals surface area contributed by atoms with Gasteiger partial charge < -0.3 is 19.0 Å². The lowest BCUT2D eigenvalue weighted by atomic mass is 10.00. The van der Waals surface area contributed by atoms with Gasteiger partial charge in [-0.25, -0.2) is 4.79 Å². The minimum atomic E-state index is -0.392. The number of nitrogens with zero attached hydrogens (tertiary/aromatic N) is 1. The highest BCUT2D eigenvalue weighted by Crippen LogP contribution is 2.29. The van der Waals surface area contributed by atoms with E-state index >= 15 is 0 Å². The van der Waals surface area contributed by atoms with E-state index in [-0.39, 0.29) is 6.61 Å². The number of carbonyl (C=O) groups excluding carboxylic acids is 1. The Labute approximate surface area is 194 Å². The van der Waals surface area contributed by atoms with E-state index in [1.165, 1.54) is 7.11 Å². The molecule has 6 nitrogen and oxygen atoms in total. The fourth-order valence-electron chi connectivity index (χ4n) is 3.23. The maximum Gasteiger partial charge on any atom is 0.338 e. The number of hydrogen-bond acceptors (Lipinski definition) is 6. The van der Waals surface area contributed by atoms with Crippen LogP contribution >= 0.6 is 0 Å². The fourth-order valence-corrected chi connectivity index (χ4v) is 3.23. The van der Waals surface area contributed by atoms with Gasteiger partial charge in [-0.05, 0) is 41.8 Å². The van der Waals surface area contributed by atoms with Crippen molar-refractivity contribution < 1.29 is 23.8 Å². The summed E-state index contributed by atoms with van der Waals surface area (Å²) in [6, 6.07) is 22.9. The molecule has 0 radical (unpaired) electrons. The van der Waals surface area contributed by atoms with Gasteiger partial charge in [-0.15, -0.1) is 0 Å². The first-order valence-electron chi connectivity index (χ1n) is 10.5. The Morgan fingerprint density at radius 1 is 0.909 bits per heavy atom. The van der Waals surface area contributed by atoms with Crippen molar-refractivity contribution in [3.05, 3.63) is 101 Å². The summed E-state index contributed by atoms with van der Waals surface area (Å²) in [5.41, 5.74) is 3.94. The van der Waals surface area contributed by atoms with Crippen LogP contribution in [0.25, 0.3) is 5.57 Å². The van der Waals surface area contributed by atoms with Gasteiger partial charge in [-0.1, -0.05) is 65.8 Å². The average molecular weight is 446 g/mol. The van der Waals surface area contributed by atoms with Crippen LogP contribution in [-0.4, -0.2) is 26.4 Å². The normalized spacial score (nSPS) is 11.3. The van der Waals surface area contributed by atoms with Gasteiger partial charge in [-0.2, -0.15) is 0 Å². The number of carbonyl (C=O) groups is 1. The molecule has 0 aromatic heterocycles. The summed E-state index contributed by atoms with van der Waals surface area (Å²) < 4.78 is 16.4. The van der Waals surface area contributed by atoms with Gasteiger partial charge in [0.05, 0.1) is 26.0 Å². The van der Waals surface area contributed by atoms with Crippen molar-refractivity contribution in [1.29, 1.82) is 0 Å². The molecule has 0 fully saturated rings. The summed E-state index contributed by atoms with van der Waals surface area (Å²) in [7, 11) is 2.95. The van der Waals surface area contributed by atoms with Crippen molar-refractivity contribution >= 4 is 17.8 Å². The molecule has 6 heteroatoms. The van der Waals surface area contributed by atoms with Crippen molar-refractivity contribution in [1.82, 2.24) is 0 Å². The zero-order valence-electron chi connectivity index (χ0n) is 19.0. The molecule has 0 unspecified atom stereocenters. The topological polar surface area (TPSA) is 66.4 Å². The molecular weight excluding hydrogens is 418 g/mol. The third-order valence-corrected chi connectivity index (χ3v) is 4.92. The fraction of sp³-hybridized carbons (Fsp3) is 0.185. The summed E-state index contributed by atoms with van der Waals surface area (Å²) in [6.07, 6.45) is 3.36. The monoisotopic (exact) mass is 445 g/mol. The van der Waals surface area contributed by atoms with Crippen molar-refractivity contribution in [3.8, 4) is 11.5 Å². The molecule has 170 valence electrons. The van der Waals surface area contributed by atoms with Crippen LogP contribution in [0, 0.1) is 0 Å². The van der Waals surface area contributed by atoms with E-state index in [4.69, 9.17) is 19.0 Å². The molecule has 0 spiro atoms. The minimum absolute atomic E-state index is 0.242. The van der Waals surface area contributed by atoms with Gasteiger partial charge >= 0.3 is 5.97 Å². The Morgan fingerprint density at radius 3 is 2.39 bits per heavy atom. The zero-order chi connectivity index (χ0) is 23.5. The van der Waals surface area contributed by atoms with E-state index < -0.39 is 5.97 Å². The number of allylic oxidation sites excluding steroid dienone is 1. The molecule has 0 saturated carbocycles. The number of esters is 1. The summed E-state index contributed by atoms with van der Waals surface area (Å²) in [5.74, 6) is 0.754. The second-order valence-electron chi connectivity index (χ2n) is 7.04. The molecule has 0 saturated heterocycles. The average Bonchev–Trinajstić information content (AvgIpc) is 2.87. The lowest BCUT2D eigenvalue weighted by molar-refractivity contribution is -0.133. The lowest BCUT2D eigenvalue weighted by Gasteiger charge is -2.14. The van der Waals surface area contributed by atoms with Gasteiger partial charge in [0.2, 0.25) is 0 Å². The summed E-state index contributed by atoms with van der Waals surface area (Å²) in [6.45, 7) is 2.43. The first-order chi connectivity index (χ1) is 16.2. The van der Waals surface area contributed by atoms with Gasteiger partial charge in [0.15, 0.2) is 11.5 Å². The second kappa shape index (κ2) is 12.1. The molecule has 0 bridgehead atoms. The number of oxime groups is 1. The Balaban J connectivity index is 1.72.